The van der Waals surface area contributed by atoms with Crippen molar-refractivity contribution >= 4 is 17.3 Å². The summed E-state index contributed by atoms with van der Waals surface area (Å²) >= 11 is 5.86. The molecule has 0 saturated carbocycles. The Labute approximate surface area is 113 Å². The second-order valence-electron chi connectivity index (χ2n) is 3.92. The first-order valence-electron chi connectivity index (χ1n) is 5.40. The van der Waals surface area contributed by atoms with Crippen LogP contribution in [0.15, 0.2) is 36.4 Å². The van der Waals surface area contributed by atoms with E-state index >= 15 is 0 Å². The summed E-state index contributed by atoms with van der Waals surface area (Å²) in [7, 11) is 0. The molecule has 0 aliphatic rings. The predicted octanol–water partition coefficient (Wildman–Crippen LogP) is 3.11. The molecule has 0 fully saturated rings. The maximum atomic E-state index is 11.0. The van der Waals surface area contributed by atoms with Gasteiger partial charge in [0.1, 0.15) is 5.75 Å². The number of nitrogens with zero attached hydrogens (tertiary/aromatic N) is 1. The Morgan fingerprint density at radius 2 is 1.89 bits per heavy atom. The number of rotatable bonds is 3. The number of halogens is 1. The summed E-state index contributed by atoms with van der Waals surface area (Å²) in [5, 5.41) is 30.0. The van der Waals surface area contributed by atoms with Gasteiger partial charge in [0.05, 0.1) is 17.1 Å². The van der Waals surface area contributed by atoms with Gasteiger partial charge in [-0.2, -0.15) is 0 Å². The average Bonchev–Trinajstić information content (AvgIpc) is 2.38. The van der Waals surface area contributed by atoms with Crippen LogP contribution in [0, 0.1) is 10.1 Å². The molecule has 0 saturated heterocycles. The lowest BCUT2D eigenvalue weighted by atomic mass is 9.98. The van der Waals surface area contributed by atoms with E-state index in [4.69, 9.17) is 11.6 Å². The van der Waals surface area contributed by atoms with Crippen LogP contribution in [0.1, 0.15) is 5.56 Å². The summed E-state index contributed by atoms with van der Waals surface area (Å²) in [6, 6.07) is 8.48. The molecule has 98 valence electrons. The van der Waals surface area contributed by atoms with Crippen LogP contribution >= 0.6 is 11.6 Å². The Morgan fingerprint density at radius 1 is 1.16 bits per heavy atom. The van der Waals surface area contributed by atoms with Crippen LogP contribution in [-0.2, 0) is 6.61 Å². The fourth-order valence-electron chi connectivity index (χ4n) is 1.86. The van der Waals surface area contributed by atoms with Gasteiger partial charge in [-0.3, -0.25) is 10.1 Å². The highest BCUT2D eigenvalue weighted by atomic mass is 35.5. The molecule has 0 spiro atoms. The fraction of sp³-hybridized carbons (Fsp3) is 0.0769. The molecule has 2 aromatic rings. The van der Waals surface area contributed by atoms with Crippen molar-refractivity contribution in [2.45, 2.75) is 6.61 Å². The molecule has 19 heavy (non-hydrogen) atoms. The SMILES string of the molecule is O=[N+]([O-])c1ccc(Cl)cc1-c1ccc(O)cc1CO. The molecule has 0 unspecified atom stereocenters. The Bertz CT molecular complexity index is 643. The lowest BCUT2D eigenvalue weighted by molar-refractivity contribution is -0.384. The van der Waals surface area contributed by atoms with Crippen LogP contribution in [0.4, 0.5) is 5.69 Å². The Balaban J connectivity index is 2.70. The molecule has 2 rings (SSSR count). The second-order valence-corrected chi connectivity index (χ2v) is 4.35. The molecule has 0 bridgehead atoms. The normalized spacial score (nSPS) is 10.4. The first-order valence-corrected chi connectivity index (χ1v) is 5.78. The third kappa shape index (κ3) is 2.67. The van der Waals surface area contributed by atoms with Crippen molar-refractivity contribution in [2.24, 2.45) is 0 Å². The lowest BCUT2D eigenvalue weighted by Crippen LogP contribution is -1.95. The van der Waals surface area contributed by atoms with Crippen molar-refractivity contribution in [3.8, 4) is 16.9 Å². The minimum Gasteiger partial charge on any atom is -0.508 e. The third-order valence-electron chi connectivity index (χ3n) is 2.70. The number of aliphatic hydroxyl groups excluding tert-OH is 1. The number of phenols is 1. The van der Waals surface area contributed by atoms with Gasteiger partial charge >= 0.3 is 0 Å². The van der Waals surface area contributed by atoms with Gasteiger partial charge < -0.3 is 10.2 Å². The molecule has 0 aromatic heterocycles. The highest BCUT2D eigenvalue weighted by molar-refractivity contribution is 6.31. The number of benzene rings is 2. The summed E-state index contributed by atoms with van der Waals surface area (Å²) in [6.45, 7) is -0.340. The van der Waals surface area contributed by atoms with E-state index in [1.165, 1.54) is 36.4 Å². The zero-order valence-electron chi connectivity index (χ0n) is 9.71. The van der Waals surface area contributed by atoms with Crippen molar-refractivity contribution in [1.82, 2.24) is 0 Å². The van der Waals surface area contributed by atoms with E-state index in [2.05, 4.69) is 0 Å². The molecule has 2 aromatic carbocycles. The molecule has 0 heterocycles. The molecule has 2 N–H and O–H groups in total. The van der Waals surface area contributed by atoms with Crippen molar-refractivity contribution in [3.63, 3.8) is 0 Å². The first kappa shape index (κ1) is 13.3. The zero-order chi connectivity index (χ0) is 14.0. The van der Waals surface area contributed by atoms with Gasteiger partial charge in [-0.05, 0) is 35.4 Å². The van der Waals surface area contributed by atoms with Gasteiger partial charge in [-0.25, -0.2) is 0 Å². The van der Waals surface area contributed by atoms with Gasteiger partial charge in [0, 0.05) is 11.1 Å². The molecule has 0 radical (unpaired) electrons. The Morgan fingerprint density at radius 3 is 2.53 bits per heavy atom. The molecular weight excluding hydrogens is 270 g/mol. The number of aliphatic hydroxyl groups is 1. The minimum atomic E-state index is -0.514. The van der Waals surface area contributed by atoms with Crippen molar-refractivity contribution in [2.75, 3.05) is 0 Å². The fourth-order valence-corrected chi connectivity index (χ4v) is 2.03. The van der Waals surface area contributed by atoms with Gasteiger partial charge in [0.15, 0.2) is 0 Å². The van der Waals surface area contributed by atoms with Crippen LogP contribution in [0.2, 0.25) is 5.02 Å². The summed E-state index contributed by atoms with van der Waals surface area (Å²) in [6.07, 6.45) is 0. The topological polar surface area (TPSA) is 83.6 Å². The van der Waals surface area contributed by atoms with Gasteiger partial charge in [-0.15, -0.1) is 0 Å². The number of aromatic hydroxyl groups is 1. The average molecular weight is 280 g/mol. The maximum absolute atomic E-state index is 11.0. The molecule has 0 atom stereocenters. The van der Waals surface area contributed by atoms with Crippen molar-refractivity contribution in [1.29, 1.82) is 0 Å². The lowest BCUT2D eigenvalue weighted by Gasteiger charge is -2.09. The van der Waals surface area contributed by atoms with Crippen LogP contribution in [-0.4, -0.2) is 15.1 Å². The number of phenolic OH excluding ortho intramolecular Hbond substituents is 1. The van der Waals surface area contributed by atoms with Crippen molar-refractivity contribution in [3.05, 3.63) is 57.1 Å². The molecule has 0 aliphatic heterocycles. The van der Waals surface area contributed by atoms with Crippen molar-refractivity contribution < 1.29 is 15.1 Å². The largest absolute Gasteiger partial charge is 0.508 e. The molecule has 0 amide bonds. The number of hydrogen-bond donors (Lipinski definition) is 2. The Hall–Kier alpha value is -2.11. The number of hydrogen-bond acceptors (Lipinski definition) is 4. The summed E-state index contributed by atoms with van der Waals surface area (Å²) in [4.78, 5) is 10.5. The van der Waals surface area contributed by atoms with E-state index in [0.29, 0.717) is 21.7 Å². The monoisotopic (exact) mass is 279 g/mol. The highest BCUT2D eigenvalue weighted by Gasteiger charge is 2.18. The number of nitro groups is 1. The Kier molecular flexibility index (Phi) is 3.69. The van der Waals surface area contributed by atoms with Crippen LogP contribution < -0.4 is 0 Å². The van der Waals surface area contributed by atoms with E-state index in [9.17, 15) is 20.3 Å². The molecular formula is C13H10ClNO4. The summed E-state index contributed by atoms with van der Waals surface area (Å²) in [5.41, 5.74) is 1.06. The number of nitro benzene ring substituents is 1. The maximum Gasteiger partial charge on any atom is 0.277 e. The van der Waals surface area contributed by atoms with Gasteiger partial charge in [0.25, 0.3) is 5.69 Å². The smallest absolute Gasteiger partial charge is 0.277 e. The van der Waals surface area contributed by atoms with Gasteiger partial charge in [-0.1, -0.05) is 17.7 Å². The van der Waals surface area contributed by atoms with E-state index in [0.717, 1.165) is 0 Å². The van der Waals surface area contributed by atoms with Crippen LogP contribution in [0.3, 0.4) is 0 Å². The first-order chi connectivity index (χ1) is 9.02. The molecule has 5 nitrogen and oxygen atoms in total. The van der Waals surface area contributed by atoms with Crippen LogP contribution in [0.5, 0.6) is 5.75 Å². The van der Waals surface area contributed by atoms with E-state index in [1.54, 1.807) is 0 Å². The van der Waals surface area contributed by atoms with E-state index in [-0.39, 0.29) is 18.0 Å². The minimum absolute atomic E-state index is 0.0162. The highest BCUT2D eigenvalue weighted by Crippen LogP contribution is 2.35. The molecule has 6 heteroatoms. The zero-order valence-corrected chi connectivity index (χ0v) is 10.5. The summed E-state index contributed by atoms with van der Waals surface area (Å²) in [5.74, 6) is -0.0162. The van der Waals surface area contributed by atoms with Crippen LogP contribution in [0.25, 0.3) is 11.1 Å². The van der Waals surface area contributed by atoms with E-state index in [1.807, 2.05) is 0 Å². The third-order valence-corrected chi connectivity index (χ3v) is 2.94. The van der Waals surface area contributed by atoms with E-state index < -0.39 is 4.92 Å². The van der Waals surface area contributed by atoms with Gasteiger partial charge in [0.2, 0.25) is 0 Å². The predicted molar refractivity (Wildman–Crippen MR) is 71.1 cm³/mol. The second kappa shape index (κ2) is 5.26. The molecule has 0 aliphatic carbocycles. The summed E-state index contributed by atoms with van der Waals surface area (Å²) < 4.78 is 0. The quantitative estimate of drug-likeness (QED) is 0.668. The standard InChI is InChI=1S/C13H10ClNO4/c14-9-1-4-13(15(18)19)12(6-9)11-3-2-10(17)5-8(11)7-16/h1-6,16-17H,7H2.